The monoisotopic (exact) mass is 343 g/mol. The molecule has 1 saturated heterocycles. The quantitative estimate of drug-likeness (QED) is 0.141. The smallest absolute Gasteiger partial charge is 0.305 e. The Morgan fingerprint density at radius 3 is 2.21 bits per heavy atom. The first kappa shape index (κ1) is 14.4. The van der Waals surface area contributed by atoms with Gasteiger partial charge in [-0.25, -0.2) is 0 Å². The van der Waals surface area contributed by atoms with Crippen molar-refractivity contribution in [3.63, 3.8) is 0 Å². The minimum atomic E-state index is -2.80. The SMILES string of the molecule is [2H]C([2H])(OC(=O)CCCCCCCC=CCCCCCCCC)C1([2H])OC1([2H])[2H]. The molecule has 0 N–H and O–H groups in total. The van der Waals surface area contributed by atoms with Gasteiger partial charge in [0, 0.05) is 6.42 Å². The van der Waals surface area contributed by atoms with Crippen LogP contribution in [-0.2, 0) is 14.3 Å². The maximum atomic E-state index is 11.7. The molecule has 0 bridgehead atoms. The van der Waals surface area contributed by atoms with E-state index in [2.05, 4.69) is 28.5 Å². The number of hydrogen-bond acceptors (Lipinski definition) is 3. The lowest BCUT2D eigenvalue weighted by Crippen LogP contribution is -2.09. The summed E-state index contributed by atoms with van der Waals surface area (Å²) in [6.07, 6.45) is 17.1. The zero-order chi connectivity index (χ0) is 21.8. The second kappa shape index (κ2) is 15.7. The molecule has 140 valence electrons. The van der Waals surface area contributed by atoms with Crippen molar-refractivity contribution in [1.82, 2.24) is 0 Å². The molecule has 1 aliphatic rings. The van der Waals surface area contributed by atoms with E-state index in [1.54, 1.807) is 0 Å². The van der Waals surface area contributed by atoms with Crippen LogP contribution in [0.15, 0.2) is 12.2 Å². The van der Waals surface area contributed by atoms with Crippen LogP contribution in [0.25, 0.3) is 0 Å². The highest BCUT2D eigenvalue weighted by molar-refractivity contribution is 5.69. The molecule has 1 rings (SSSR count). The number of unbranched alkanes of at least 4 members (excludes halogenated alkanes) is 11. The number of rotatable bonds is 17. The first-order chi connectivity index (χ1) is 13.7. The Morgan fingerprint density at radius 2 is 1.62 bits per heavy atom. The van der Waals surface area contributed by atoms with Gasteiger partial charge in [0.2, 0.25) is 0 Å². The Labute approximate surface area is 156 Å². The van der Waals surface area contributed by atoms with Gasteiger partial charge in [-0.3, -0.25) is 4.79 Å². The van der Waals surface area contributed by atoms with Gasteiger partial charge in [-0.05, 0) is 32.1 Å². The van der Waals surface area contributed by atoms with E-state index in [1.165, 1.54) is 44.9 Å². The zero-order valence-corrected chi connectivity index (χ0v) is 15.3. The maximum absolute atomic E-state index is 11.7. The summed E-state index contributed by atoms with van der Waals surface area (Å²) in [7, 11) is 0. The Balaban J connectivity index is 1.94. The maximum Gasteiger partial charge on any atom is 0.305 e. The fraction of sp³-hybridized carbons (Fsp3) is 0.857. The Hall–Kier alpha value is -0.830. The van der Waals surface area contributed by atoms with Crippen molar-refractivity contribution in [2.45, 2.75) is 103 Å². The summed E-state index contributed by atoms with van der Waals surface area (Å²) in [4.78, 5) is 11.7. The van der Waals surface area contributed by atoms with Crippen molar-refractivity contribution in [2.24, 2.45) is 0 Å². The van der Waals surface area contributed by atoms with Crippen molar-refractivity contribution >= 4 is 5.97 Å². The van der Waals surface area contributed by atoms with Crippen molar-refractivity contribution in [3.8, 4) is 0 Å². The first-order valence-corrected chi connectivity index (χ1v) is 9.73. The molecule has 0 saturated carbocycles. The van der Waals surface area contributed by atoms with Crippen LogP contribution in [0.2, 0.25) is 0 Å². The molecule has 0 radical (unpaired) electrons. The van der Waals surface area contributed by atoms with E-state index < -0.39 is 25.2 Å². The lowest BCUT2D eigenvalue weighted by atomic mass is 10.1. The molecule has 0 amide bonds. The summed E-state index contributed by atoms with van der Waals surface area (Å²) >= 11 is 0. The second-order valence-corrected chi connectivity index (χ2v) is 6.44. The van der Waals surface area contributed by atoms with Gasteiger partial charge >= 0.3 is 5.97 Å². The Bertz CT molecular complexity index is 511. The highest BCUT2D eigenvalue weighted by Gasteiger charge is 2.23. The third-order valence-electron chi connectivity index (χ3n) is 4.10. The number of carbonyl (C=O) groups excluding carboxylic acids is 1. The van der Waals surface area contributed by atoms with Gasteiger partial charge in [-0.2, -0.15) is 0 Å². The van der Waals surface area contributed by atoms with Gasteiger partial charge in [0.15, 0.2) is 0 Å². The third kappa shape index (κ3) is 14.7. The molecule has 3 heteroatoms. The molecule has 24 heavy (non-hydrogen) atoms. The van der Waals surface area contributed by atoms with E-state index in [1.807, 2.05) is 0 Å². The number of esters is 1. The predicted octanol–water partition coefficient (Wildman–Crippen LogP) is 5.97. The molecular weight excluding hydrogens is 300 g/mol. The van der Waals surface area contributed by atoms with Gasteiger partial charge in [-0.1, -0.05) is 70.4 Å². The van der Waals surface area contributed by atoms with Crippen molar-refractivity contribution in [3.05, 3.63) is 12.2 Å². The van der Waals surface area contributed by atoms with Crippen LogP contribution >= 0.6 is 0 Å². The minimum Gasteiger partial charge on any atom is -0.463 e. The lowest BCUT2D eigenvalue weighted by molar-refractivity contribution is -0.144. The van der Waals surface area contributed by atoms with Crippen LogP contribution in [-0.4, -0.2) is 25.2 Å². The third-order valence-corrected chi connectivity index (χ3v) is 4.10. The van der Waals surface area contributed by atoms with Crippen molar-refractivity contribution in [1.29, 1.82) is 0 Å². The molecular formula is C21H38O3. The highest BCUT2D eigenvalue weighted by Crippen LogP contribution is 2.12. The summed E-state index contributed by atoms with van der Waals surface area (Å²) in [5.41, 5.74) is 0. The topological polar surface area (TPSA) is 38.8 Å². The van der Waals surface area contributed by atoms with E-state index in [0.29, 0.717) is 6.42 Å². The normalized spacial score (nSPS) is 25.5. The van der Waals surface area contributed by atoms with E-state index in [0.717, 1.165) is 32.1 Å². The molecule has 0 aromatic heterocycles. The molecule has 0 aliphatic carbocycles. The fourth-order valence-electron chi connectivity index (χ4n) is 2.56. The van der Waals surface area contributed by atoms with Crippen LogP contribution in [0.5, 0.6) is 0 Å². The summed E-state index contributed by atoms with van der Waals surface area (Å²) in [6.45, 7) is -2.99. The van der Waals surface area contributed by atoms with Gasteiger partial charge < -0.3 is 9.47 Å². The van der Waals surface area contributed by atoms with E-state index >= 15 is 0 Å². The number of hydrogen-bond donors (Lipinski definition) is 0. The lowest BCUT2D eigenvalue weighted by Gasteiger charge is -2.02. The second-order valence-electron chi connectivity index (χ2n) is 6.44. The Kier molecular flexibility index (Phi) is 9.38. The highest BCUT2D eigenvalue weighted by atomic mass is 16.6. The standard InChI is InChI=1S/C21H38O3/c1-2-3-4-5-6-7-8-9-10-11-12-13-14-15-16-17-21(22)24-19-20-18-23-20/h9-10,20H,2-8,11-19H2,1H3/i18D2,19D2,20D. The minimum absolute atomic E-state index is 0.0662. The van der Waals surface area contributed by atoms with Crippen LogP contribution in [0.4, 0.5) is 0 Å². The molecule has 1 fully saturated rings. The van der Waals surface area contributed by atoms with Crippen molar-refractivity contribution < 1.29 is 21.1 Å². The summed E-state index contributed by atoms with van der Waals surface area (Å²) < 4.78 is 46.3. The van der Waals surface area contributed by atoms with Gasteiger partial charge in [0.1, 0.15) is 12.6 Å². The molecule has 3 nitrogen and oxygen atoms in total. The van der Waals surface area contributed by atoms with Crippen LogP contribution < -0.4 is 0 Å². The van der Waals surface area contributed by atoms with Crippen molar-refractivity contribution in [2.75, 3.05) is 13.1 Å². The van der Waals surface area contributed by atoms with Crippen LogP contribution in [0.1, 0.15) is 104 Å². The molecule has 1 aliphatic heterocycles. The number of carbonyl (C=O) groups is 1. The van der Waals surface area contributed by atoms with Gasteiger partial charge in [-0.15, -0.1) is 0 Å². The summed E-state index contributed by atoms with van der Waals surface area (Å²) in [5, 5.41) is 0. The fourth-order valence-corrected chi connectivity index (χ4v) is 2.56. The molecule has 1 heterocycles. The predicted molar refractivity (Wildman–Crippen MR) is 100 cm³/mol. The van der Waals surface area contributed by atoms with E-state index in [-0.39, 0.29) is 6.42 Å². The summed E-state index contributed by atoms with van der Waals surface area (Å²) in [5.74, 6) is -0.759. The van der Waals surface area contributed by atoms with Crippen LogP contribution in [0, 0.1) is 0 Å². The zero-order valence-electron chi connectivity index (χ0n) is 20.3. The Morgan fingerprint density at radius 1 is 1.08 bits per heavy atom. The molecule has 0 aromatic carbocycles. The molecule has 1 atom stereocenters. The van der Waals surface area contributed by atoms with Gasteiger partial charge in [0.05, 0.1) is 13.4 Å². The van der Waals surface area contributed by atoms with Gasteiger partial charge in [0.25, 0.3) is 0 Å². The molecule has 0 spiro atoms. The number of epoxide rings is 1. The average Bonchev–Trinajstić information content (AvgIpc) is 3.18. The van der Waals surface area contributed by atoms with Crippen LogP contribution in [0.3, 0.4) is 0 Å². The number of allylic oxidation sites excluding steroid dienone is 2. The van der Waals surface area contributed by atoms with E-state index in [4.69, 9.17) is 6.85 Å². The largest absolute Gasteiger partial charge is 0.463 e. The molecule has 0 aromatic rings. The molecule has 1 unspecified atom stereocenters. The first-order valence-electron chi connectivity index (χ1n) is 12.2. The average molecular weight is 344 g/mol. The van der Waals surface area contributed by atoms with E-state index in [9.17, 15) is 4.79 Å². The number of ether oxygens (including phenoxy) is 2. The summed E-state index contributed by atoms with van der Waals surface area (Å²) in [6, 6.07) is 0.